The van der Waals surface area contributed by atoms with E-state index in [4.69, 9.17) is 4.74 Å². The molecule has 0 aliphatic rings. The Hall–Kier alpha value is -0.480. The van der Waals surface area contributed by atoms with Crippen LogP contribution in [0.2, 0.25) is 0 Å². The minimum atomic E-state index is -0.187. The van der Waals surface area contributed by atoms with Crippen LogP contribution in [0.1, 0.15) is 27.2 Å². The molecule has 0 aromatic rings. The standard InChI is InChI=1S/C11H21NO2S/c1-6-14-11(13)10(8-9(3)4)12(5)15-7-2/h7,9-10H,2,6,8H2,1,3-5H3. The van der Waals surface area contributed by atoms with Crippen LogP contribution in [0, 0.1) is 5.92 Å². The van der Waals surface area contributed by atoms with Crippen molar-refractivity contribution in [1.29, 1.82) is 0 Å². The Labute approximate surface area is 97.0 Å². The molecule has 0 rings (SSSR count). The summed E-state index contributed by atoms with van der Waals surface area (Å²) in [4.78, 5) is 11.7. The minimum Gasteiger partial charge on any atom is -0.465 e. The fraction of sp³-hybridized carbons (Fsp3) is 0.727. The van der Waals surface area contributed by atoms with Crippen LogP contribution in [0.5, 0.6) is 0 Å². The molecule has 0 aliphatic carbocycles. The van der Waals surface area contributed by atoms with Crippen molar-refractivity contribution in [3.8, 4) is 0 Å². The molecular weight excluding hydrogens is 210 g/mol. The van der Waals surface area contributed by atoms with Crippen LogP contribution in [-0.4, -0.2) is 30.0 Å². The van der Waals surface area contributed by atoms with Crippen LogP contribution in [0.3, 0.4) is 0 Å². The van der Waals surface area contributed by atoms with E-state index in [1.54, 1.807) is 5.41 Å². The highest BCUT2D eigenvalue weighted by molar-refractivity contribution is 7.99. The maximum Gasteiger partial charge on any atom is 0.324 e. The van der Waals surface area contributed by atoms with Crippen molar-refractivity contribution in [2.24, 2.45) is 5.92 Å². The number of ether oxygens (including phenoxy) is 1. The van der Waals surface area contributed by atoms with Crippen molar-refractivity contribution >= 4 is 17.9 Å². The number of nitrogens with zero attached hydrogens (tertiary/aromatic N) is 1. The van der Waals surface area contributed by atoms with E-state index in [0.717, 1.165) is 6.42 Å². The van der Waals surface area contributed by atoms with E-state index in [1.807, 2.05) is 18.3 Å². The molecule has 3 nitrogen and oxygen atoms in total. The van der Waals surface area contributed by atoms with Crippen LogP contribution >= 0.6 is 11.9 Å². The molecule has 15 heavy (non-hydrogen) atoms. The Morgan fingerprint density at radius 2 is 2.20 bits per heavy atom. The first-order chi connectivity index (χ1) is 7.02. The highest BCUT2D eigenvalue weighted by Crippen LogP contribution is 2.19. The van der Waals surface area contributed by atoms with E-state index >= 15 is 0 Å². The van der Waals surface area contributed by atoms with Crippen LogP contribution < -0.4 is 0 Å². The monoisotopic (exact) mass is 231 g/mol. The fourth-order valence-electron chi connectivity index (χ4n) is 1.27. The average Bonchev–Trinajstić information content (AvgIpc) is 2.14. The average molecular weight is 231 g/mol. The van der Waals surface area contributed by atoms with Crippen molar-refractivity contribution in [3.05, 3.63) is 12.0 Å². The van der Waals surface area contributed by atoms with Crippen LogP contribution in [0.25, 0.3) is 0 Å². The highest BCUT2D eigenvalue weighted by atomic mass is 32.2. The van der Waals surface area contributed by atoms with Crippen molar-refractivity contribution in [2.75, 3.05) is 13.7 Å². The van der Waals surface area contributed by atoms with E-state index < -0.39 is 0 Å². The smallest absolute Gasteiger partial charge is 0.324 e. The van der Waals surface area contributed by atoms with Gasteiger partial charge < -0.3 is 4.74 Å². The summed E-state index contributed by atoms with van der Waals surface area (Å²) < 4.78 is 6.94. The third kappa shape index (κ3) is 5.85. The second kappa shape index (κ2) is 7.77. The molecule has 0 aromatic carbocycles. The van der Waals surface area contributed by atoms with Gasteiger partial charge in [-0.2, -0.15) is 0 Å². The lowest BCUT2D eigenvalue weighted by Crippen LogP contribution is -2.36. The molecule has 0 aromatic heterocycles. The van der Waals surface area contributed by atoms with Gasteiger partial charge in [0.25, 0.3) is 0 Å². The molecule has 0 amide bonds. The Bertz CT molecular complexity index is 207. The normalized spacial score (nSPS) is 12.9. The first-order valence-corrected chi connectivity index (χ1v) is 6.03. The van der Waals surface area contributed by atoms with Crippen LogP contribution in [0.4, 0.5) is 0 Å². The lowest BCUT2D eigenvalue weighted by molar-refractivity contribution is -0.147. The van der Waals surface area contributed by atoms with Gasteiger partial charge in [-0.05, 0) is 31.7 Å². The predicted molar refractivity (Wildman–Crippen MR) is 65.4 cm³/mol. The lowest BCUT2D eigenvalue weighted by Gasteiger charge is -2.25. The van der Waals surface area contributed by atoms with E-state index in [-0.39, 0.29) is 12.0 Å². The van der Waals surface area contributed by atoms with Gasteiger partial charge in [0.05, 0.1) is 6.61 Å². The third-order valence-electron chi connectivity index (χ3n) is 1.93. The Balaban J connectivity index is 4.41. The molecule has 1 atom stereocenters. The zero-order chi connectivity index (χ0) is 11.8. The van der Waals surface area contributed by atoms with Gasteiger partial charge in [0, 0.05) is 0 Å². The number of hydrogen-bond donors (Lipinski definition) is 0. The summed E-state index contributed by atoms with van der Waals surface area (Å²) in [5.41, 5.74) is 0. The number of carbonyl (C=O) groups is 1. The van der Waals surface area contributed by atoms with Gasteiger partial charge in [0.2, 0.25) is 0 Å². The molecular formula is C11H21NO2S. The fourth-order valence-corrected chi connectivity index (χ4v) is 1.82. The minimum absolute atomic E-state index is 0.150. The summed E-state index contributed by atoms with van der Waals surface area (Å²) in [7, 11) is 1.89. The quantitative estimate of drug-likeness (QED) is 0.498. The molecule has 0 bridgehead atoms. The predicted octanol–water partition coefficient (Wildman–Crippen LogP) is 2.69. The Kier molecular flexibility index (Phi) is 7.52. The first kappa shape index (κ1) is 14.5. The number of carbonyl (C=O) groups excluding carboxylic acids is 1. The van der Waals surface area contributed by atoms with Crippen LogP contribution in [-0.2, 0) is 9.53 Å². The molecule has 0 heterocycles. The van der Waals surface area contributed by atoms with Gasteiger partial charge in [-0.3, -0.25) is 4.79 Å². The van der Waals surface area contributed by atoms with E-state index in [2.05, 4.69) is 20.4 Å². The van der Waals surface area contributed by atoms with Crippen molar-refractivity contribution in [3.63, 3.8) is 0 Å². The summed E-state index contributed by atoms with van der Waals surface area (Å²) in [5, 5.41) is 1.71. The van der Waals surface area contributed by atoms with E-state index in [9.17, 15) is 4.79 Å². The molecule has 0 aliphatic heterocycles. The van der Waals surface area contributed by atoms with Gasteiger partial charge in [-0.25, -0.2) is 4.31 Å². The van der Waals surface area contributed by atoms with Crippen molar-refractivity contribution < 1.29 is 9.53 Å². The molecule has 0 spiro atoms. The van der Waals surface area contributed by atoms with Crippen molar-refractivity contribution in [1.82, 2.24) is 4.31 Å². The number of esters is 1. The van der Waals surface area contributed by atoms with Gasteiger partial charge in [0.1, 0.15) is 6.04 Å². The Morgan fingerprint density at radius 3 is 2.60 bits per heavy atom. The van der Waals surface area contributed by atoms with Gasteiger partial charge in [-0.15, -0.1) is 0 Å². The molecule has 88 valence electrons. The molecule has 1 unspecified atom stereocenters. The second-order valence-electron chi connectivity index (χ2n) is 3.72. The van der Waals surface area contributed by atoms with E-state index in [0.29, 0.717) is 12.5 Å². The molecule has 0 saturated carbocycles. The third-order valence-corrected chi connectivity index (χ3v) is 2.67. The maximum atomic E-state index is 11.7. The Morgan fingerprint density at radius 1 is 1.60 bits per heavy atom. The number of likely N-dealkylation sites (N-methyl/N-ethyl adjacent to an activating group) is 1. The molecule has 4 heteroatoms. The summed E-state index contributed by atoms with van der Waals surface area (Å²) >= 11 is 1.43. The molecule has 0 N–H and O–H groups in total. The van der Waals surface area contributed by atoms with Crippen LogP contribution in [0.15, 0.2) is 12.0 Å². The second-order valence-corrected chi connectivity index (χ2v) is 4.84. The highest BCUT2D eigenvalue weighted by Gasteiger charge is 2.25. The number of rotatable bonds is 7. The summed E-state index contributed by atoms with van der Waals surface area (Å²) in [5.74, 6) is 0.315. The molecule has 0 radical (unpaired) electrons. The summed E-state index contributed by atoms with van der Waals surface area (Å²) in [6.45, 7) is 10.1. The molecule has 0 fully saturated rings. The zero-order valence-corrected chi connectivity index (χ0v) is 10.8. The molecule has 0 saturated heterocycles. The van der Waals surface area contributed by atoms with Gasteiger partial charge >= 0.3 is 5.97 Å². The summed E-state index contributed by atoms with van der Waals surface area (Å²) in [6, 6.07) is -0.187. The summed E-state index contributed by atoms with van der Waals surface area (Å²) in [6.07, 6.45) is 0.802. The van der Waals surface area contributed by atoms with Gasteiger partial charge in [0.15, 0.2) is 0 Å². The SMILES string of the molecule is C=CSN(C)C(CC(C)C)C(=O)OCC. The van der Waals surface area contributed by atoms with Gasteiger partial charge in [-0.1, -0.05) is 32.4 Å². The lowest BCUT2D eigenvalue weighted by atomic mass is 10.0. The first-order valence-electron chi connectivity index (χ1n) is 5.20. The maximum absolute atomic E-state index is 11.7. The van der Waals surface area contributed by atoms with E-state index in [1.165, 1.54) is 11.9 Å². The van der Waals surface area contributed by atoms with Crippen molar-refractivity contribution in [2.45, 2.75) is 33.2 Å². The number of hydrogen-bond acceptors (Lipinski definition) is 4. The topological polar surface area (TPSA) is 29.5 Å². The zero-order valence-electron chi connectivity index (χ0n) is 10.0. The largest absolute Gasteiger partial charge is 0.465 e.